The molecule has 1 aliphatic carbocycles. The number of nitrogens with zero attached hydrogens (tertiary/aromatic N) is 4. The van der Waals surface area contributed by atoms with Gasteiger partial charge in [-0.3, -0.25) is 9.88 Å². The average Bonchev–Trinajstić information content (AvgIpc) is 2.91. The van der Waals surface area contributed by atoms with Crippen molar-refractivity contribution >= 4 is 11.9 Å². The van der Waals surface area contributed by atoms with Gasteiger partial charge in [0.25, 0.3) is 0 Å². The lowest BCUT2D eigenvalue weighted by Gasteiger charge is -2.30. The van der Waals surface area contributed by atoms with E-state index in [1.54, 1.807) is 11.1 Å². The zero-order valence-corrected chi connectivity index (χ0v) is 14.4. The first kappa shape index (κ1) is 15.8. The number of carbonyl (C=O) groups excluding carboxylic acids is 1. The van der Waals surface area contributed by atoms with Crippen molar-refractivity contribution in [2.75, 3.05) is 31.6 Å². The molecule has 1 unspecified atom stereocenters. The molecule has 0 radical (unpaired) electrons. The fraction of sp³-hybridized carbons (Fsp3) is 0.722. The van der Waals surface area contributed by atoms with Gasteiger partial charge in [0.05, 0.1) is 18.4 Å². The van der Waals surface area contributed by atoms with E-state index in [1.165, 1.54) is 12.8 Å². The molecule has 3 fully saturated rings. The number of hydrogen-bond donors (Lipinski definition) is 0. The van der Waals surface area contributed by atoms with Gasteiger partial charge in [0.15, 0.2) is 5.82 Å². The smallest absolute Gasteiger partial charge is 0.416 e. The van der Waals surface area contributed by atoms with Gasteiger partial charge in [-0.15, -0.1) is 0 Å². The van der Waals surface area contributed by atoms with Crippen LogP contribution in [-0.4, -0.2) is 53.2 Å². The van der Waals surface area contributed by atoms with Gasteiger partial charge in [-0.25, -0.2) is 9.78 Å². The Balaban J connectivity index is 1.54. The fourth-order valence-electron chi connectivity index (χ4n) is 4.36. The molecule has 0 bridgehead atoms. The summed E-state index contributed by atoms with van der Waals surface area (Å²) in [5, 5.41) is 0. The Morgan fingerprint density at radius 1 is 1.21 bits per heavy atom. The van der Waals surface area contributed by atoms with Gasteiger partial charge >= 0.3 is 6.09 Å². The molecule has 4 rings (SSSR count). The highest BCUT2D eigenvalue weighted by Gasteiger charge is 2.46. The van der Waals surface area contributed by atoms with Crippen molar-refractivity contribution in [1.29, 1.82) is 0 Å². The van der Waals surface area contributed by atoms with Gasteiger partial charge in [0, 0.05) is 18.7 Å². The molecular formula is C18H26N4O2. The molecule has 3 aliphatic rings. The monoisotopic (exact) mass is 330 g/mol. The van der Waals surface area contributed by atoms with Crippen LogP contribution in [0.5, 0.6) is 0 Å². The molecule has 1 saturated carbocycles. The second kappa shape index (κ2) is 6.31. The molecule has 1 aromatic heterocycles. The minimum atomic E-state index is -0.294. The van der Waals surface area contributed by atoms with E-state index in [9.17, 15) is 4.79 Å². The Kier molecular flexibility index (Phi) is 4.16. The van der Waals surface area contributed by atoms with Crippen LogP contribution in [0.15, 0.2) is 12.4 Å². The average molecular weight is 330 g/mol. The maximum Gasteiger partial charge on any atom is 0.416 e. The maximum atomic E-state index is 12.4. The van der Waals surface area contributed by atoms with Crippen LogP contribution in [0.3, 0.4) is 0 Å². The summed E-state index contributed by atoms with van der Waals surface area (Å²) in [6.07, 6.45) is 11.1. The summed E-state index contributed by atoms with van der Waals surface area (Å²) >= 11 is 0. The zero-order chi connectivity index (χ0) is 16.6. The molecule has 6 nitrogen and oxygen atoms in total. The van der Waals surface area contributed by atoms with E-state index < -0.39 is 0 Å². The van der Waals surface area contributed by atoms with E-state index in [2.05, 4.69) is 16.9 Å². The normalized spacial score (nSPS) is 27.5. The Bertz CT molecular complexity index is 615. The standard InChI is InChI=1S/C18H26N4O2/c1-21-9-5-6-14(12-21)15-10-19-11-16(20-15)22-13-18(24-17(22)23)7-3-2-4-8-18/h10-11,14H,2-9,12-13H2,1H3. The van der Waals surface area contributed by atoms with E-state index >= 15 is 0 Å². The summed E-state index contributed by atoms with van der Waals surface area (Å²) < 4.78 is 5.77. The van der Waals surface area contributed by atoms with Gasteiger partial charge in [0.2, 0.25) is 0 Å². The number of hydrogen-bond acceptors (Lipinski definition) is 5. The van der Waals surface area contributed by atoms with Crippen molar-refractivity contribution in [1.82, 2.24) is 14.9 Å². The van der Waals surface area contributed by atoms with Gasteiger partial charge < -0.3 is 9.64 Å². The molecule has 0 aromatic carbocycles. The van der Waals surface area contributed by atoms with Crippen LogP contribution in [0, 0.1) is 0 Å². The number of carbonyl (C=O) groups is 1. The number of rotatable bonds is 2. The molecule has 0 N–H and O–H groups in total. The van der Waals surface area contributed by atoms with Gasteiger partial charge in [0.1, 0.15) is 5.60 Å². The first-order valence-electron chi connectivity index (χ1n) is 9.16. The first-order chi connectivity index (χ1) is 11.7. The van der Waals surface area contributed by atoms with Gasteiger partial charge in [-0.2, -0.15) is 0 Å². The minimum Gasteiger partial charge on any atom is -0.441 e. The number of amides is 1. The first-order valence-corrected chi connectivity index (χ1v) is 9.16. The molecule has 6 heteroatoms. The number of piperidine rings is 1. The third-order valence-electron chi connectivity index (χ3n) is 5.70. The second-order valence-corrected chi connectivity index (χ2v) is 7.60. The predicted molar refractivity (Wildman–Crippen MR) is 91.1 cm³/mol. The Hall–Kier alpha value is -1.69. The van der Waals surface area contributed by atoms with Crippen molar-refractivity contribution in [2.45, 2.75) is 56.5 Å². The van der Waals surface area contributed by atoms with Crippen LogP contribution in [0.1, 0.15) is 56.6 Å². The summed E-state index contributed by atoms with van der Waals surface area (Å²) in [5.74, 6) is 1.05. The molecule has 3 heterocycles. The van der Waals surface area contributed by atoms with Crippen molar-refractivity contribution in [3.05, 3.63) is 18.1 Å². The van der Waals surface area contributed by atoms with Gasteiger partial charge in [-0.1, -0.05) is 6.42 Å². The highest BCUT2D eigenvalue weighted by Crippen LogP contribution is 2.38. The number of aromatic nitrogens is 2. The minimum absolute atomic E-state index is 0.260. The van der Waals surface area contributed by atoms with Crippen LogP contribution in [0.25, 0.3) is 0 Å². The largest absolute Gasteiger partial charge is 0.441 e. The summed E-state index contributed by atoms with van der Waals surface area (Å²) in [5.41, 5.74) is 0.703. The highest BCUT2D eigenvalue weighted by atomic mass is 16.6. The van der Waals surface area contributed by atoms with Crippen LogP contribution in [-0.2, 0) is 4.74 Å². The number of likely N-dealkylation sites (N-methyl/N-ethyl adjacent to an activating group) is 1. The van der Waals surface area contributed by atoms with Crippen LogP contribution in [0.4, 0.5) is 10.6 Å². The quantitative estimate of drug-likeness (QED) is 0.834. The molecule has 1 atom stereocenters. The topological polar surface area (TPSA) is 58.6 Å². The maximum absolute atomic E-state index is 12.4. The van der Waals surface area contributed by atoms with E-state index in [0.29, 0.717) is 18.3 Å². The molecule has 2 aliphatic heterocycles. The molecule has 1 spiro atoms. The number of likely N-dealkylation sites (tertiary alicyclic amines) is 1. The number of ether oxygens (including phenoxy) is 1. The van der Waals surface area contributed by atoms with Crippen LogP contribution in [0.2, 0.25) is 0 Å². The Morgan fingerprint density at radius 2 is 2.04 bits per heavy atom. The van der Waals surface area contributed by atoms with E-state index in [1.807, 2.05) is 6.20 Å². The molecule has 1 aromatic rings. The Labute approximate surface area is 143 Å². The summed E-state index contributed by atoms with van der Waals surface area (Å²) in [6, 6.07) is 0. The van der Waals surface area contributed by atoms with Crippen molar-refractivity contribution in [3.63, 3.8) is 0 Å². The number of anilines is 1. The lowest BCUT2D eigenvalue weighted by atomic mass is 9.85. The third-order valence-corrected chi connectivity index (χ3v) is 5.70. The van der Waals surface area contributed by atoms with E-state index in [-0.39, 0.29) is 11.7 Å². The highest BCUT2D eigenvalue weighted by molar-refractivity contribution is 5.89. The molecule has 2 saturated heterocycles. The Morgan fingerprint density at radius 3 is 2.83 bits per heavy atom. The molecular weight excluding hydrogens is 304 g/mol. The van der Waals surface area contributed by atoms with Crippen molar-refractivity contribution in [2.24, 2.45) is 0 Å². The lowest BCUT2D eigenvalue weighted by molar-refractivity contribution is 0.0260. The molecule has 24 heavy (non-hydrogen) atoms. The van der Waals surface area contributed by atoms with E-state index in [4.69, 9.17) is 9.72 Å². The molecule has 1 amide bonds. The van der Waals surface area contributed by atoms with Crippen LogP contribution >= 0.6 is 0 Å². The summed E-state index contributed by atoms with van der Waals surface area (Å²) in [6.45, 7) is 2.77. The van der Waals surface area contributed by atoms with Gasteiger partial charge in [-0.05, 0) is 52.1 Å². The predicted octanol–water partition coefficient (Wildman–Crippen LogP) is 2.95. The summed E-state index contributed by atoms with van der Waals surface area (Å²) in [4.78, 5) is 25.6. The molecule has 130 valence electrons. The lowest BCUT2D eigenvalue weighted by Crippen LogP contribution is -2.37. The summed E-state index contributed by atoms with van der Waals surface area (Å²) in [7, 11) is 2.15. The SMILES string of the molecule is CN1CCCC(c2cncc(N3CC4(CCCCC4)OC3=O)n2)C1. The fourth-order valence-corrected chi connectivity index (χ4v) is 4.36. The zero-order valence-electron chi connectivity index (χ0n) is 14.4. The second-order valence-electron chi connectivity index (χ2n) is 7.60. The van der Waals surface area contributed by atoms with Crippen LogP contribution < -0.4 is 4.90 Å². The van der Waals surface area contributed by atoms with Crippen molar-refractivity contribution < 1.29 is 9.53 Å². The van der Waals surface area contributed by atoms with Crippen molar-refractivity contribution in [3.8, 4) is 0 Å². The third kappa shape index (κ3) is 2.99. The van der Waals surface area contributed by atoms with E-state index in [0.717, 1.165) is 50.9 Å².